The summed E-state index contributed by atoms with van der Waals surface area (Å²) < 4.78 is 30.2. The van der Waals surface area contributed by atoms with Crippen LogP contribution in [-0.4, -0.2) is 15.5 Å². The molecule has 0 aliphatic heterocycles. The van der Waals surface area contributed by atoms with Gasteiger partial charge in [0.25, 0.3) is 9.84 Å². The van der Waals surface area contributed by atoms with Gasteiger partial charge in [-0.15, -0.1) is 0 Å². The fourth-order valence-corrected chi connectivity index (χ4v) is 3.38. The molecule has 0 aliphatic carbocycles. The Labute approximate surface area is 124 Å². The minimum atomic E-state index is -3.74. The molecule has 0 radical (unpaired) electrons. The molecule has 0 aromatic heterocycles. The molecule has 2 aromatic rings. The fourth-order valence-electron chi connectivity index (χ4n) is 1.95. The highest BCUT2D eigenvalue weighted by Gasteiger charge is 2.34. The number of nitrogens with zero attached hydrogens (tertiary/aromatic N) is 1. The van der Waals surface area contributed by atoms with Gasteiger partial charge in [0.1, 0.15) is 5.75 Å². The predicted octanol–water partition coefficient (Wildman–Crippen LogP) is 3.40. The predicted molar refractivity (Wildman–Crippen MR) is 80.7 cm³/mol. The Kier molecular flexibility index (Phi) is 4.29. The van der Waals surface area contributed by atoms with Crippen molar-refractivity contribution in [2.24, 2.45) is 0 Å². The van der Waals surface area contributed by atoms with Gasteiger partial charge in [-0.3, -0.25) is 4.85 Å². The van der Waals surface area contributed by atoms with Gasteiger partial charge in [0.15, 0.2) is 0 Å². The lowest BCUT2D eigenvalue weighted by Crippen LogP contribution is -2.10. The molecule has 5 heteroatoms. The third-order valence-corrected chi connectivity index (χ3v) is 5.06. The van der Waals surface area contributed by atoms with Crippen molar-refractivity contribution in [1.82, 2.24) is 0 Å². The molecule has 0 bridgehead atoms. The minimum Gasteiger partial charge on any atom is -0.497 e. The van der Waals surface area contributed by atoms with E-state index in [0.29, 0.717) is 11.3 Å². The average molecular weight is 301 g/mol. The molecule has 0 saturated heterocycles. The number of rotatable bonds is 4. The van der Waals surface area contributed by atoms with Crippen molar-refractivity contribution in [3.63, 3.8) is 0 Å². The first-order chi connectivity index (χ1) is 9.98. The van der Waals surface area contributed by atoms with Crippen molar-refractivity contribution in [2.45, 2.75) is 17.2 Å². The minimum absolute atomic E-state index is 0.157. The van der Waals surface area contributed by atoms with Crippen molar-refractivity contribution >= 4 is 9.84 Å². The van der Waals surface area contributed by atoms with E-state index in [1.54, 1.807) is 36.4 Å². The zero-order valence-corrected chi connectivity index (χ0v) is 12.6. The van der Waals surface area contributed by atoms with Crippen molar-refractivity contribution in [3.05, 3.63) is 71.1 Å². The summed E-state index contributed by atoms with van der Waals surface area (Å²) in [7, 11) is -2.20. The van der Waals surface area contributed by atoms with Crippen LogP contribution in [0.15, 0.2) is 53.4 Å². The van der Waals surface area contributed by atoms with Gasteiger partial charge in [-0.1, -0.05) is 17.7 Å². The molecule has 1 atom stereocenters. The Hall–Kier alpha value is -2.32. The van der Waals surface area contributed by atoms with Gasteiger partial charge in [0, 0.05) is 0 Å². The van der Waals surface area contributed by atoms with E-state index in [2.05, 4.69) is 4.85 Å². The molecule has 2 rings (SSSR count). The number of ether oxygens (including phenoxy) is 1. The summed E-state index contributed by atoms with van der Waals surface area (Å²) in [6, 6.07) is 13.0. The Morgan fingerprint density at radius 2 is 1.62 bits per heavy atom. The molecule has 0 aliphatic rings. The molecular weight excluding hydrogens is 286 g/mol. The van der Waals surface area contributed by atoms with E-state index in [9.17, 15) is 8.42 Å². The lowest BCUT2D eigenvalue weighted by molar-refractivity contribution is 0.414. The van der Waals surface area contributed by atoms with Crippen LogP contribution in [0.3, 0.4) is 0 Å². The molecule has 0 amide bonds. The SMILES string of the molecule is [C-]#[N+][C@H](c1ccc(OC)cc1)S(=O)(=O)c1ccc(C)cc1. The lowest BCUT2D eigenvalue weighted by Gasteiger charge is -2.09. The largest absolute Gasteiger partial charge is 0.497 e. The first-order valence-electron chi connectivity index (χ1n) is 6.30. The van der Waals surface area contributed by atoms with E-state index in [1.165, 1.54) is 19.2 Å². The maximum Gasteiger partial charge on any atom is 0.350 e. The maximum atomic E-state index is 12.6. The monoisotopic (exact) mass is 301 g/mol. The van der Waals surface area contributed by atoms with Crippen LogP contribution in [0.5, 0.6) is 5.75 Å². The van der Waals surface area contributed by atoms with Crippen LogP contribution in [0.2, 0.25) is 0 Å². The number of benzene rings is 2. The highest BCUT2D eigenvalue weighted by atomic mass is 32.2. The van der Waals surface area contributed by atoms with Gasteiger partial charge in [0.05, 0.1) is 17.6 Å². The van der Waals surface area contributed by atoms with E-state index in [-0.39, 0.29) is 4.90 Å². The average Bonchev–Trinajstić information content (AvgIpc) is 2.49. The van der Waals surface area contributed by atoms with Crippen LogP contribution < -0.4 is 4.74 Å². The van der Waals surface area contributed by atoms with Crippen molar-refractivity contribution in [3.8, 4) is 5.75 Å². The molecule has 108 valence electrons. The van der Waals surface area contributed by atoms with Crippen molar-refractivity contribution in [1.29, 1.82) is 0 Å². The first-order valence-corrected chi connectivity index (χ1v) is 7.85. The highest BCUT2D eigenvalue weighted by molar-refractivity contribution is 7.91. The van der Waals surface area contributed by atoms with Crippen LogP contribution in [0.4, 0.5) is 0 Å². The smallest absolute Gasteiger partial charge is 0.350 e. The number of aryl methyl sites for hydroxylation is 1. The Morgan fingerprint density at radius 3 is 2.10 bits per heavy atom. The molecule has 0 spiro atoms. The van der Waals surface area contributed by atoms with Gasteiger partial charge in [-0.25, -0.2) is 15.0 Å². The van der Waals surface area contributed by atoms with Crippen LogP contribution in [0, 0.1) is 13.5 Å². The third kappa shape index (κ3) is 3.06. The van der Waals surface area contributed by atoms with Crippen molar-refractivity contribution in [2.75, 3.05) is 7.11 Å². The summed E-state index contributed by atoms with van der Waals surface area (Å²) in [5, 5.41) is -1.24. The Morgan fingerprint density at radius 1 is 1.05 bits per heavy atom. The normalized spacial score (nSPS) is 12.4. The molecule has 21 heavy (non-hydrogen) atoms. The van der Waals surface area contributed by atoms with E-state index < -0.39 is 15.2 Å². The molecule has 0 saturated carbocycles. The molecule has 0 N–H and O–H groups in total. The van der Waals surface area contributed by atoms with E-state index >= 15 is 0 Å². The first kappa shape index (κ1) is 15.1. The molecule has 2 aromatic carbocycles. The van der Waals surface area contributed by atoms with Gasteiger partial charge in [0.2, 0.25) is 0 Å². The summed E-state index contributed by atoms with van der Waals surface area (Å²) in [4.78, 5) is 3.46. The topological polar surface area (TPSA) is 47.7 Å². The summed E-state index contributed by atoms with van der Waals surface area (Å²) >= 11 is 0. The van der Waals surface area contributed by atoms with E-state index in [4.69, 9.17) is 11.3 Å². The summed E-state index contributed by atoms with van der Waals surface area (Å²) in [6.45, 7) is 9.14. The summed E-state index contributed by atoms with van der Waals surface area (Å²) in [5.74, 6) is 0.621. The molecule has 0 heterocycles. The second-order valence-electron chi connectivity index (χ2n) is 4.61. The van der Waals surface area contributed by atoms with Gasteiger partial charge in [-0.05, 0) is 43.3 Å². The van der Waals surface area contributed by atoms with Crippen LogP contribution in [0.1, 0.15) is 16.5 Å². The number of hydrogen-bond donors (Lipinski definition) is 0. The fraction of sp³-hybridized carbons (Fsp3) is 0.188. The lowest BCUT2D eigenvalue weighted by atomic mass is 10.2. The number of hydrogen-bond acceptors (Lipinski definition) is 3. The van der Waals surface area contributed by atoms with Crippen LogP contribution in [0.25, 0.3) is 4.85 Å². The standard InChI is InChI=1S/C16H15NO3S/c1-12-4-10-15(11-5-12)21(18,19)16(17-2)13-6-8-14(20-3)9-7-13/h4-11,16H,1,3H3/t16-/m0/s1. The second kappa shape index (κ2) is 5.98. The Balaban J connectivity index is 2.44. The quantitative estimate of drug-likeness (QED) is 0.813. The van der Waals surface area contributed by atoms with Gasteiger partial charge < -0.3 is 4.74 Å². The van der Waals surface area contributed by atoms with Crippen molar-refractivity contribution < 1.29 is 13.2 Å². The van der Waals surface area contributed by atoms with Crippen LogP contribution >= 0.6 is 0 Å². The second-order valence-corrected chi connectivity index (χ2v) is 6.62. The zero-order chi connectivity index (χ0) is 15.5. The Bertz CT molecular complexity index is 757. The third-order valence-electron chi connectivity index (χ3n) is 3.16. The highest BCUT2D eigenvalue weighted by Crippen LogP contribution is 2.31. The van der Waals surface area contributed by atoms with Gasteiger partial charge in [-0.2, -0.15) is 0 Å². The molecular formula is C16H15NO3S. The molecule has 0 fully saturated rings. The van der Waals surface area contributed by atoms with E-state index in [1.807, 2.05) is 6.92 Å². The molecule has 4 nitrogen and oxygen atoms in total. The summed E-state index contributed by atoms with van der Waals surface area (Å²) in [5.41, 5.74) is 1.41. The maximum absolute atomic E-state index is 12.6. The number of sulfone groups is 1. The van der Waals surface area contributed by atoms with E-state index in [0.717, 1.165) is 5.56 Å². The van der Waals surface area contributed by atoms with Crippen LogP contribution in [-0.2, 0) is 9.84 Å². The number of methoxy groups -OCH3 is 1. The van der Waals surface area contributed by atoms with Gasteiger partial charge >= 0.3 is 5.37 Å². The zero-order valence-electron chi connectivity index (χ0n) is 11.8. The summed E-state index contributed by atoms with van der Waals surface area (Å²) in [6.07, 6.45) is 0. The molecule has 0 unspecified atom stereocenters.